The summed E-state index contributed by atoms with van der Waals surface area (Å²) in [5, 5.41) is 0. The summed E-state index contributed by atoms with van der Waals surface area (Å²) in [5.41, 5.74) is 2.67. The Labute approximate surface area is 75.1 Å². The van der Waals surface area contributed by atoms with Crippen LogP contribution in [0, 0.1) is 6.42 Å². The summed E-state index contributed by atoms with van der Waals surface area (Å²) in [5.74, 6) is 0. The van der Waals surface area contributed by atoms with Crippen molar-refractivity contribution in [1.82, 2.24) is 0 Å². The summed E-state index contributed by atoms with van der Waals surface area (Å²) in [6, 6.07) is 8.41. The van der Waals surface area contributed by atoms with Crippen molar-refractivity contribution in [3.8, 4) is 0 Å². The highest BCUT2D eigenvalue weighted by atomic mass is 79.9. The van der Waals surface area contributed by atoms with Gasteiger partial charge in [0.2, 0.25) is 0 Å². The van der Waals surface area contributed by atoms with Gasteiger partial charge in [-0.2, -0.15) is 0 Å². The molecule has 1 atom stereocenters. The smallest absolute Gasteiger partial charge is 0.0578 e. The van der Waals surface area contributed by atoms with Crippen LogP contribution in [0.3, 0.4) is 0 Å². The number of hydrogen-bond donors (Lipinski definition) is 0. The van der Waals surface area contributed by atoms with Crippen LogP contribution >= 0.6 is 15.9 Å². The van der Waals surface area contributed by atoms with Crippen molar-refractivity contribution in [2.24, 2.45) is 0 Å². The third-order valence-corrected chi connectivity index (χ3v) is 2.65. The molecule has 11 heavy (non-hydrogen) atoms. The second-order valence-electron chi connectivity index (χ2n) is 2.58. The van der Waals surface area contributed by atoms with Gasteiger partial charge in [0.05, 0.1) is 4.83 Å². The van der Waals surface area contributed by atoms with Gasteiger partial charge >= 0.3 is 0 Å². The first-order valence-corrected chi connectivity index (χ1v) is 4.54. The van der Waals surface area contributed by atoms with Crippen LogP contribution < -0.4 is 0 Å². The van der Waals surface area contributed by atoms with Crippen molar-refractivity contribution in [3.63, 3.8) is 0 Å². The fourth-order valence-corrected chi connectivity index (χ4v) is 1.87. The average Bonchev–Trinajstić information content (AvgIpc) is 2.06. The largest absolute Gasteiger partial charge is 0.0793 e. The third kappa shape index (κ3) is 1.25. The Hall–Kier alpha value is -0.560. The minimum Gasteiger partial charge on any atom is -0.0793 e. The van der Waals surface area contributed by atoms with Crippen molar-refractivity contribution < 1.29 is 0 Å². The van der Waals surface area contributed by atoms with Gasteiger partial charge in [0.1, 0.15) is 0 Å². The van der Waals surface area contributed by atoms with E-state index >= 15 is 0 Å². The molecule has 0 fully saturated rings. The minimum absolute atomic E-state index is 0.392. The lowest BCUT2D eigenvalue weighted by atomic mass is 9.97. The summed E-state index contributed by atoms with van der Waals surface area (Å²) >= 11 is 3.58. The van der Waals surface area contributed by atoms with E-state index in [4.69, 9.17) is 0 Å². The molecule has 0 heterocycles. The van der Waals surface area contributed by atoms with Crippen molar-refractivity contribution in [1.29, 1.82) is 0 Å². The second-order valence-corrected chi connectivity index (χ2v) is 3.57. The molecule has 2 rings (SSSR count). The molecule has 0 aliphatic heterocycles. The minimum atomic E-state index is 0.392. The van der Waals surface area contributed by atoms with Gasteiger partial charge in [0.15, 0.2) is 0 Å². The van der Waals surface area contributed by atoms with Crippen LogP contribution in [-0.4, -0.2) is 0 Å². The summed E-state index contributed by atoms with van der Waals surface area (Å²) in [6.07, 6.45) is 6.36. The molecule has 1 aliphatic carbocycles. The molecule has 1 heteroatoms. The number of allylic oxidation sites excluding steroid dienone is 2. The Morgan fingerprint density at radius 1 is 1.18 bits per heavy atom. The van der Waals surface area contributed by atoms with Crippen LogP contribution in [0.5, 0.6) is 0 Å². The Kier molecular flexibility index (Phi) is 1.82. The molecule has 1 aromatic rings. The maximum Gasteiger partial charge on any atom is 0.0578 e. The molecule has 1 radical (unpaired) electrons. The van der Waals surface area contributed by atoms with E-state index in [2.05, 4.69) is 58.8 Å². The molecule has 0 nitrogen and oxygen atoms in total. The van der Waals surface area contributed by atoms with Gasteiger partial charge in [0.25, 0.3) is 0 Å². The van der Waals surface area contributed by atoms with E-state index in [-0.39, 0.29) is 0 Å². The first-order valence-electron chi connectivity index (χ1n) is 3.62. The van der Waals surface area contributed by atoms with Crippen molar-refractivity contribution in [2.45, 2.75) is 4.83 Å². The fraction of sp³-hybridized carbons (Fsp3) is 0.100. The first-order chi connectivity index (χ1) is 5.38. The zero-order valence-electron chi connectivity index (χ0n) is 6.00. The van der Waals surface area contributed by atoms with E-state index in [1.54, 1.807) is 0 Å². The molecule has 1 aromatic carbocycles. The van der Waals surface area contributed by atoms with Crippen LogP contribution in [0.4, 0.5) is 0 Å². The van der Waals surface area contributed by atoms with Gasteiger partial charge in [-0.1, -0.05) is 52.3 Å². The predicted molar refractivity (Wildman–Crippen MR) is 50.7 cm³/mol. The fourth-order valence-electron chi connectivity index (χ4n) is 1.27. The van der Waals surface area contributed by atoms with Crippen LogP contribution in [0.1, 0.15) is 16.0 Å². The molecule has 0 aromatic heterocycles. The topological polar surface area (TPSA) is 0 Å². The third-order valence-electron chi connectivity index (χ3n) is 1.85. The number of benzene rings is 1. The quantitative estimate of drug-likeness (QED) is 0.574. The summed E-state index contributed by atoms with van der Waals surface area (Å²) in [6.45, 7) is 0. The molecule has 0 bridgehead atoms. The molecular weight excluding hydrogens is 200 g/mol. The number of rotatable bonds is 0. The Balaban J connectivity index is 2.50. The van der Waals surface area contributed by atoms with Gasteiger partial charge in [-0.25, -0.2) is 0 Å². The Bertz CT molecular complexity index is 289. The Morgan fingerprint density at radius 2 is 2.00 bits per heavy atom. The van der Waals surface area contributed by atoms with Crippen molar-refractivity contribution >= 4 is 15.9 Å². The van der Waals surface area contributed by atoms with E-state index in [0.717, 1.165) is 0 Å². The van der Waals surface area contributed by atoms with Crippen LogP contribution in [0.2, 0.25) is 0 Å². The highest BCUT2D eigenvalue weighted by Gasteiger charge is 2.11. The van der Waals surface area contributed by atoms with Gasteiger partial charge < -0.3 is 0 Å². The van der Waals surface area contributed by atoms with Crippen molar-refractivity contribution in [2.75, 3.05) is 0 Å². The lowest BCUT2D eigenvalue weighted by Gasteiger charge is -2.14. The van der Waals surface area contributed by atoms with Crippen molar-refractivity contribution in [3.05, 3.63) is 54.0 Å². The first kappa shape index (κ1) is 7.11. The molecular formula is C10H8Br. The summed E-state index contributed by atoms with van der Waals surface area (Å²) in [7, 11) is 0. The molecule has 1 unspecified atom stereocenters. The monoisotopic (exact) mass is 207 g/mol. The standard InChI is InChI=1S/C10H8Br/c11-10-7-3-5-8-4-1-2-6-9(8)10/h1-7,10H. The maximum atomic E-state index is 3.58. The van der Waals surface area contributed by atoms with Gasteiger partial charge in [-0.3, -0.25) is 0 Å². The van der Waals surface area contributed by atoms with Crippen LogP contribution in [-0.2, 0) is 0 Å². The molecule has 0 spiro atoms. The molecule has 0 amide bonds. The molecule has 55 valence electrons. The van der Waals surface area contributed by atoms with E-state index in [1.165, 1.54) is 11.1 Å². The van der Waals surface area contributed by atoms with E-state index < -0.39 is 0 Å². The van der Waals surface area contributed by atoms with Gasteiger partial charge in [-0.05, 0) is 11.1 Å². The van der Waals surface area contributed by atoms with Gasteiger partial charge in [0, 0.05) is 6.42 Å². The lowest BCUT2D eigenvalue weighted by molar-refractivity contribution is 1.18. The van der Waals surface area contributed by atoms with E-state index in [0.29, 0.717) is 4.83 Å². The van der Waals surface area contributed by atoms with Gasteiger partial charge in [-0.15, -0.1) is 0 Å². The molecule has 0 saturated carbocycles. The highest BCUT2D eigenvalue weighted by Crippen LogP contribution is 2.31. The summed E-state index contributed by atoms with van der Waals surface area (Å²) in [4.78, 5) is 0.392. The molecule has 0 saturated heterocycles. The summed E-state index contributed by atoms with van der Waals surface area (Å²) < 4.78 is 0. The lowest BCUT2D eigenvalue weighted by Crippen LogP contribution is -1.96. The van der Waals surface area contributed by atoms with E-state index in [1.807, 2.05) is 0 Å². The highest BCUT2D eigenvalue weighted by molar-refractivity contribution is 9.09. The van der Waals surface area contributed by atoms with Crippen LogP contribution in [0.15, 0.2) is 36.4 Å². The molecule has 1 aliphatic rings. The zero-order valence-corrected chi connectivity index (χ0v) is 7.58. The second kappa shape index (κ2) is 2.82. The number of fused-ring (bicyclic) bond motifs is 1. The number of alkyl halides is 1. The number of halogens is 1. The maximum absolute atomic E-state index is 3.58. The number of hydrogen-bond acceptors (Lipinski definition) is 0. The van der Waals surface area contributed by atoms with Crippen LogP contribution in [0.25, 0.3) is 0 Å². The van der Waals surface area contributed by atoms with E-state index in [9.17, 15) is 0 Å². The molecule has 0 N–H and O–H groups in total. The average molecular weight is 208 g/mol. The Morgan fingerprint density at radius 3 is 2.82 bits per heavy atom. The SMILES string of the molecule is BrC1C=C[CH]c2ccccc21. The predicted octanol–water partition coefficient (Wildman–Crippen LogP) is 3.24. The normalized spacial score (nSPS) is 21.4. The zero-order chi connectivity index (χ0) is 7.68.